The van der Waals surface area contributed by atoms with Gasteiger partial charge in [0.05, 0.1) is 79.2 Å². The lowest BCUT2D eigenvalue weighted by Gasteiger charge is -2.35. The maximum Gasteiger partial charge on any atom is 0.416 e. The summed E-state index contributed by atoms with van der Waals surface area (Å²) < 4.78 is 63.4. The number of hydrogen-bond acceptors (Lipinski definition) is 25. The molecule has 4 aromatic carbocycles. The number of unbranched alkanes of at least 4 members (excludes halogenated alkanes) is 2. The average Bonchev–Trinajstić information content (AvgIpc) is 1.60. The molecule has 6 aliphatic heterocycles. The van der Waals surface area contributed by atoms with Crippen molar-refractivity contribution in [2.24, 2.45) is 0 Å². The molecule has 0 radical (unpaired) electrons. The third-order valence-electron chi connectivity index (χ3n) is 18.2. The predicted octanol–water partition coefficient (Wildman–Crippen LogP) is 4.76. The fourth-order valence-corrected chi connectivity index (χ4v) is 12.8. The molecule has 4 aromatic rings. The monoisotopic (exact) mass is 1400 g/mol. The van der Waals surface area contributed by atoms with Crippen LogP contribution in [0.4, 0.5) is 21.0 Å². The molecule has 10 rings (SSSR count). The Balaban J connectivity index is 0.807. The van der Waals surface area contributed by atoms with Gasteiger partial charge in [-0.1, -0.05) is 43.4 Å². The number of ketones is 2. The van der Waals surface area contributed by atoms with Crippen LogP contribution in [0.2, 0.25) is 0 Å². The summed E-state index contributed by atoms with van der Waals surface area (Å²) in [4.78, 5) is 90.0. The number of methoxy groups -OCH3 is 2. The van der Waals surface area contributed by atoms with Gasteiger partial charge in [-0.05, 0) is 111 Å². The van der Waals surface area contributed by atoms with Crippen LogP contribution in [0, 0.1) is 6.92 Å². The van der Waals surface area contributed by atoms with Crippen LogP contribution in [-0.4, -0.2) is 234 Å². The molecule has 0 bridgehead atoms. The van der Waals surface area contributed by atoms with Crippen LogP contribution in [0.5, 0.6) is 28.7 Å². The van der Waals surface area contributed by atoms with E-state index in [2.05, 4.69) is 13.2 Å². The normalized spacial score (nSPS) is 24.9. The number of aliphatic hydroxyl groups is 8. The number of benzene rings is 4. The van der Waals surface area contributed by atoms with Gasteiger partial charge in [-0.15, -0.1) is 0 Å². The van der Waals surface area contributed by atoms with E-state index in [9.17, 15) is 69.6 Å². The minimum Gasteiger partial charge on any atom is -0.493 e. The SMILES string of the molecule is C=C1C[C@H]2C(O)N(C(=O)OCc3ccc(O[C@@H]4OC[C@@H](O)[C@H](O)[C@H]4O)c(C(=O)CCCOCCC)c3)c3cc(OCCCCCOc4cc5c(cc4OC)C(=O)N4CC(=C)C[C@H]4C(O)N5C(=O)OCc4ccc(O[C@@H]5OC[C@@H](O)[C@H](O)[C@H]5O)c(C(=O)CCCOC)c4)c(C)cc3C(=O)N2C1. The molecule has 2 unspecified atom stereocenters. The maximum atomic E-state index is 14.5. The number of aliphatic hydroxyl groups excluding tert-OH is 8. The van der Waals surface area contributed by atoms with Gasteiger partial charge in [0.1, 0.15) is 67.1 Å². The second-order valence-corrected chi connectivity index (χ2v) is 25.6. The van der Waals surface area contributed by atoms with E-state index in [-0.39, 0.29) is 140 Å². The van der Waals surface area contributed by atoms with Crippen LogP contribution in [0.3, 0.4) is 0 Å². The second kappa shape index (κ2) is 33.5. The van der Waals surface area contributed by atoms with Crippen molar-refractivity contribution >= 4 is 46.9 Å². The van der Waals surface area contributed by atoms with Crippen LogP contribution in [-0.2, 0) is 41.6 Å². The number of carbonyl (C=O) groups excluding carboxylic acids is 6. The highest BCUT2D eigenvalue weighted by molar-refractivity contribution is 6.07. The standard InChI is InChI=1S/C71H88N4O25/c1-7-19-92-21-12-14-52(77)46-28-42(16-18-56(46)100-69-63(83)61(81)54(79)37-96-69)34-97-70(88)74-47-30-57(40(4)26-43(47)64(84)72-32-38(2)24-49(72)66(74)86)93-22-9-8-10-23-94-59-31-48-44(29-58(59)91-6)65(85)73-33-39(3)25-50(73)67(87)75(48)71(89)98-35-41-15-17-55(45(27-41)51(76)13-11-20-90-5)99-68-62(82)60(80)53(78)36-95-68/h15-18,26-31,49-50,53-54,60-63,66-69,78-83,86-87H,2-3,7-14,19-25,32-37H2,1,4-6H3/t49-,50-,53+,54+,60-,61-,62+,63+,66?,67?,68-,69-/m0/s1. The van der Waals surface area contributed by atoms with E-state index in [1.807, 2.05) is 6.92 Å². The molecule has 4 fully saturated rings. The number of Topliss-reactive ketones (excluding diaryl/α,β-unsaturated/α-hetero) is 2. The van der Waals surface area contributed by atoms with Gasteiger partial charge in [0.2, 0.25) is 12.6 Å². The summed E-state index contributed by atoms with van der Waals surface area (Å²) in [5.41, 5.74) is 2.69. The molecule has 8 N–H and O–H groups in total. The number of hydrogen-bond donors (Lipinski definition) is 8. The molecule has 4 saturated heterocycles. The number of nitrogens with zero attached hydrogens (tertiary/aromatic N) is 4. The van der Waals surface area contributed by atoms with Crippen molar-refractivity contribution in [2.45, 2.75) is 165 Å². The van der Waals surface area contributed by atoms with E-state index in [0.29, 0.717) is 78.9 Å². The van der Waals surface area contributed by atoms with Gasteiger partial charge in [0.15, 0.2) is 35.5 Å². The molecule has 100 heavy (non-hydrogen) atoms. The van der Waals surface area contributed by atoms with Gasteiger partial charge in [-0.3, -0.25) is 19.2 Å². The molecule has 4 amide bonds. The lowest BCUT2D eigenvalue weighted by Crippen LogP contribution is -2.54. The fourth-order valence-electron chi connectivity index (χ4n) is 12.8. The van der Waals surface area contributed by atoms with Gasteiger partial charge in [0, 0.05) is 65.0 Å². The van der Waals surface area contributed by atoms with E-state index in [4.69, 9.17) is 52.1 Å². The predicted molar refractivity (Wildman–Crippen MR) is 353 cm³/mol. The summed E-state index contributed by atoms with van der Waals surface area (Å²) in [6.07, 6.45) is -14.0. The Bertz CT molecular complexity index is 3660. The quantitative estimate of drug-likeness (QED) is 0.0206. The zero-order valence-corrected chi connectivity index (χ0v) is 56.3. The zero-order valence-electron chi connectivity index (χ0n) is 56.3. The fraction of sp³-hybridized carbons (Fsp3) is 0.521. The number of anilines is 2. The number of fused-ring (bicyclic) bond motifs is 4. The number of rotatable bonds is 29. The van der Waals surface area contributed by atoms with Gasteiger partial charge in [0.25, 0.3) is 11.8 Å². The lowest BCUT2D eigenvalue weighted by atomic mass is 10.0. The Morgan fingerprint density at radius 3 is 1.49 bits per heavy atom. The number of amides is 4. The third kappa shape index (κ3) is 16.7. The number of carbonyl (C=O) groups is 6. The van der Waals surface area contributed by atoms with Crippen molar-refractivity contribution in [3.8, 4) is 28.7 Å². The topological polar surface area (TPSA) is 379 Å². The summed E-state index contributed by atoms with van der Waals surface area (Å²) >= 11 is 0. The van der Waals surface area contributed by atoms with Crippen LogP contribution in [0.1, 0.15) is 129 Å². The molecule has 12 atom stereocenters. The maximum absolute atomic E-state index is 14.5. The minimum absolute atomic E-state index is 0.000169. The molecule has 0 saturated carbocycles. The van der Waals surface area contributed by atoms with Gasteiger partial charge >= 0.3 is 12.2 Å². The smallest absolute Gasteiger partial charge is 0.416 e. The molecule has 29 heteroatoms. The summed E-state index contributed by atoms with van der Waals surface area (Å²) in [5.74, 6) is -1.15. The molecule has 0 aromatic heterocycles. The Labute approximate surface area is 577 Å². The first-order valence-corrected chi connectivity index (χ1v) is 33.4. The van der Waals surface area contributed by atoms with Crippen LogP contribution >= 0.6 is 0 Å². The summed E-state index contributed by atoms with van der Waals surface area (Å²) in [6.45, 7) is 11.9. The van der Waals surface area contributed by atoms with E-state index >= 15 is 0 Å². The molecule has 29 nitrogen and oxygen atoms in total. The van der Waals surface area contributed by atoms with E-state index in [1.165, 1.54) is 78.6 Å². The van der Waals surface area contributed by atoms with Crippen molar-refractivity contribution in [3.05, 3.63) is 124 Å². The first-order valence-electron chi connectivity index (χ1n) is 33.4. The molecule has 0 spiro atoms. The van der Waals surface area contributed by atoms with Gasteiger partial charge in [-0.25, -0.2) is 19.4 Å². The van der Waals surface area contributed by atoms with Gasteiger partial charge < -0.3 is 103 Å². The minimum atomic E-state index is -1.66. The first-order chi connectivity index (χ1) is 48.0. The Morgan fingerprint density at radius 2 is 1.01 bits per heavy atom. The highest BCUT2D eigenvalue weighted by Gasteiger charge is 2.49. The number of ether oxygens (including phenoxy) is 11. The Morgan fingerprint density at radius 1 is 0.540 bits per heavy atom. The molecule has 542 valence electrons. The zero-order chi connectivity index (χ0) is 71.6. The van der Waals surface area contributed by atoms with Crippen molar-refractivity contribution in [3.63, 3.8) is 0 Å². The third-order valence-corrected chi connectivity index (χ3v) is 18.2. The van der Waals surface area contributed by atoms with E-state index < -0.39 is 111 Å². The van der Waals surface area contributed by atoms with Crippen LogP contribution in [0.15, 0.2) is 85.0 Å². The molecular weight excluding hydrogens is 1310 g/mol. The Kier molecular flexibility index (Phi) is 24.9. The van der Waals surface area contributed by atoms with Crippen molar-refractivity contribution in [1.82, 2.24) is 9.80 Å². The molecular formula is C71H88N4O25. The second-order valence-electron chi connectivity index (χ2n) is 25.6. The molecule has 6 aliphatic rings. The van der Waals surface area contributed by atoms with Gasteiger partial charge in [-0.2, -0.15) is 0 Å². The summed E-state index contributed by atoms with van der Waals surface area (Å²) in [5, 5.41) is 86.0. The number of aryl methyl sites for hydroxylation is 1. The summed E-state index contributed by atoms with van der Waals surface area (Å²) in [7, 11) is 2.88. The van der Waals surface area contributed by atoms with Crippen LogP contribution < -0.4 is 33.5 Å². The molecule has 0 aliphatic carbocycles. The van der Waals surface area contributed by atoms with Crippen molar-refractivity contribution in [1.29, 1.82) is 0 Å². The largest absolute Gasteiger partial charge is 0.493 e. The van der Waals surface area contributed by atoms with E-state index in [1.54, 1.807) is 13.0 Å². The first kappa shape index (κ1) is 74.4. The van der Waals surface area contributed by atoms with Crippen LogP contribution in [0.25, 0.3) is 0 Å². The molecule has 6 heterocycles. The highest BCUT2D eigenvalue weighted by atomic mass is 16.7. The van der Waals surface area contributed by atoms with Crippen molar-refractivity contribution < 1.29 is 122 Å². The Hall–Kier alpha value is -8.30. The lowest BCUT2D eigenvalue weighted by molar-refractivity contribution is -0.242. The van der Waals surface area contributed by atoms with Crippen molar-refractivity contribution in [2.75, 3.05) is 83.4 Å². The average molecular weight is 1400 g/mol. The van der Waals surface area contributed by atoms with E-state index in [0.717, 1.165) is 16.2 Å². The highest BCUT2D eigenvalue weighted by Crippen LogP contribution is 2.44. The summed E-state index contributed by atoms with van der Waals surface area (Å²) in [6, 6.07) is 12.9.